The van der Waals surface area contributed by atoms with Gasteiger partial charge >= 0.3 is 6.09 Å². The monoisotopic (exact) mass is 516 g/mol. The van der Waals surface area contributed by atoms with Crippen molar-refractivity contribution in [2.24, 2.45) is 17.3 Å². The summed E-state index contributed by atoms with van der Waals surface area (Å²) in [5.41, 5.74) is 2.56. The molecule has 38 heavy (non-hydrogen) atoms. The Morgan fingerprint density at radius 3 is 2.24 bits per heavy atom. The molecule has 3 unspecified atom stereocenters. The fourth-order valence-electron chi connectivity index (χ4n) is 5.18. The van der Waals surface area contributed by atoms with E-state index in [1.807, 2.05) is 85.8 Å². The van der Waals surface area contributed by atoms with Gasteiger partial charge in [-0.2, -0.15) is 0 Å². The number of ether oxygens (including phenoxy) is 3. The molecule has 1 fully saturated rings. The number of rotatable bonds is 11. The summed E-state index contributed by atoms with van der Waals surface area (Å²) in [6.07, 6.45) is 0.344. The number of carbonyl (C=O) groups is 2. The highest BCUT2D eigenvalue weighted by molar-refractivity contribution is 5.79. The Morgan fingerprint density at radius 2 is 1.58 bits per heavy atom. The van der Waals surface area contributed by atoms with Crippen LogP contribution in [0.4, 0.5) is 4.79 Å². The number of hydrogen-bond donors (Lipinski definition) is 2. The highest BCUT2D eigenvalue weighted by Crippen LogP contribution is 2.63. The first kappa shape index (κ1) is 27.0. The third kappa shape index (κ3) is 6.28. The molecule has 0 saturated heterocycles. The van der Waals surface area contributed by atoms with Crippen molar-refractivity contribution in [2.75, 3.05) is 14.2 Å². The van der Waals surface area contributed by atoms with Crippen molar-refractivity contribution in [3.8, 4) is 11.5 Å². The lowest BCUT2D eigenvalue weighted by Crippen LogP contribution is -2.37. The number of amides is 2. The van der Waals surface area contributed by atoms with Crippen molar-refractivity contribution in [2.45, 2.75) is 39.5 Å². The van der Waals surface area contributed by atoms with E-state index in [1.54, 1.807) is 14.2 Å². The fraction of sp³-hybridized carbons (Fsp3) is 0.355. The van der Waals surface area contributed by atoms with E-state index in [2.05, 4.69) is 17.6 Å². The van der Waals surface area contributed by atoms with Gasteiger partial charge in [0, 0.05) is 12.5 Å². The summed E-state index contributed by atoms with van der Waals surface area (Å²) in [6.45, 7) is 4.67. The first-order valence-corrected chi connectivity index (χ1v) is 12.9. The van der Waals surface area contributed by atoms with Crippen molar-refractivity contribution < 1.29 is 23.8 Å². The molecule has 0 heterocycles. The molecule has 7 heteroatoms. The molecule has 0 radical (unpaired) electrons. The van der Waals surface area contributed by atoms with Gasteiger partial charge in [0.2, 0.25) is 5.91 Å². The van der Waals surface area contributed by atoms with E-state index >= 15 is 0 Å². The highest BCUT2D eigenvalue weighted by Gasteiger charge is 2.59. The molecule has 1 aliphatic rings. The molecule has 0 aliphatic heterocycles. The zero-order valence-corrected chi connectivity index (χ0v) is 22.4. The summed E-state index contributed by atoms with van der Waals surface area (Å²) in [4.78, 5) is 25.9. The number of alkyl carbamates (subject to hydrolysis) is 1. The second kappa shape index (κ2) is 12.0. The summed E-state index contributed by atoms with van der Waals surface area (Å²) >= 11 is 0. The summed E-state index contributed by atoms with van der Waals surface area (Å²) < 4.78 is 16.2. The molecule has 0 spiro atoms. The first-order chi connectivity index (χ1) is 18.4. The molecule has 2 N–H and O–H groups in total. The van der Waals surface area contributed by atoms with Gasteiger partial charge in [0.15, 0.2) is 11.5 Å². The molecule has 3 aromatic carbocycles. The van der Waals surface area contributed by atoms with Gasteiger partial charge in [0.05, 0.1) is 20.3 Å². The lowest BCUT2D eigenvalue weighted by molar-refractivity contribution is -0.125. The predicted octanol–water partition coefficient (Wildman–Crippen LogP) is 5.65. The summed E-state index contributed by atoms with van der Waals surface area (Å²) in [5, 5.41) is 6.15. The Balaban J connectivity index is 1.40. The number of benzene rings is 3. The van der Waals surface area contributed by atoms with Crippen LogP contribution in [-0.2, 0) is 22.7 Å². The van der Waals surface area contributed by atoms with E-state index in [4.69, 9.17) is 14.2 Å². The first-order valence-electron chi connectivity index (χ1n) is 12.9. The zero-order valence-electron chi connectivity index (χ0n) is 22.4. The number of methoxy groups -OCH3 is 2. The van der Waals surface area contributed by atoms with E-state index in [1.165, 1.54) is 0 Å². The van der Waals surface area contributed by atoms with Crippen LogP contribution in [0.1, 0.15) is 43.0 Å². The highest BCUT2D eigenvalue weighted by atomic mass is 16.5. The van der Waals surface area contributed by atoms with Gasteiger partial charge in [-0.25, -0.2) is 4.79 Å². The van der Waals surface area contributed by atoms with Gasteiger partial charge in [-0.1, -0.05) is 80.6 Å². The molecular weight excluding hydrogens is 480 g/mol. The third-order valence-corrected chi connectivity index (χ3v) is 7.55. The van der Waals surface area contributed by atoms with Crippen LogP contribution >= 0.6 is 0 Å². The molecule has 2 amide bonds. The van der Waals surface area contributed by atoms with Gasteiger partial charge in [-0.15, -0.1) is 0 Å². The quantitative estimate of drug-likeness (QED) is 0.344. The van der Waals surface area contributed by atoms with Gasteiger partial charge in [-0.3, -0.25) is 4.79 Å². The lowest BCUT2D eigenvalue weighted by Gasteiger charge is -2.28. The normalized spacial score (nSPS) is 19.5. The van der Waals surface area contributed by atoms with E-state index in [0.29, 0.717) is 18.0 Å². The van der Waals surface area contributed by atoms with Gasteiger partial charge in [0.1, 0.15) is 6.61 Å². The Bertz CT molecular complexity index is 1230. The maximum Gasteiger partial charge on any atom is 0.407 e. The number of carbonyl (C=O) groups excluding carboxylic acids is 2. The zero-order chi connectivity index (χ0) is 27.1. The minimum Gasteiger partial charge on any atom is -0.493 e. The third-order valence-electron chi connectivity index (χ3n) is 7.55. The van der Waals surface area contributed by atoms with Crippen molar-refractivity contribution in [3.63, 3.8) is 0 Å². The van der Waals surface area contributed by atoms with Crippen molar-refractivity contribution >= 4 is 12.0 Å². The second-order valence-electron chi connectivity index (χ2n) is 10.1. The molecule has 3 aromatic rings. The van der Waals surface area contributed by atoms with Crippen LogP contribution in [0, 0.1) is 17.3 Å². The lowest BCUT2D eigenvalue weighted by atomic mass is 9.86. The smallest absolute Gasteiger partial charge is 0.407 e. The Labute approximate surface area is 224 Å². The number of hydrogen-bond acceptors (Lipinski definition) is 5. The molecule has 4 atom stereocenters. The Morgan fingerprint density at radius 1 is 0.921 bits per heavy atom. The van der Waals surface area contributed by atoms with E-state index in [-0.39, 0.29) is 35.8 Å². The largest absolute Gasteiger partial charge is 0.493 e. The molecule has 4 rings (SSSR count). The van der Waals surface area contributed by atoms with E-state index < -0.39 is 6.09 Å². The summed E-state index contributed by atoms with van der Waals surface area (Å²) in [7, 11) is 3.18. The molecule has 0 aromatic heterocycles. The van der Waals surface area contributed by atoms with Crippen LogP contribution in [0.5, 0.6) is 11.5 Å². The maximum atomic E-state index is 13.1. The van der Waals surface area contributed by atoms with Crippen molar-refractivity contribution in [3.05, 3.63) is 95.6 Å². The molecule has 1 aliphatic carbocycles. The van der Waals surface area contributed by atoms with Gasteiger partial charge in [-0.05, 0) is 46.6 Å². The summed E-state index contributed by atoms with van der Waals surface area (Å²) in [6, 6.07) is 24.8. The standard InChI is InChI=1S/C31H36N2O5/c1-21(29(34)32-19-23-15-16-26(36-3)27(17-23)37-4)25-18-31(25,2)28(24-13-9-6-10-14-24)33-30(35)38-20-22-11-7-5-8-12-22/h5-17,21,25,28H,18-20H2,1-4H3,(H,32,34)(H,33,35)/t21?,25?,28?,31-/m1/s1. The average Bonchev–Trinajstić information content (AvgIpc) is 3.65. The molecule has 1 saturated carbocycles. The van der Waals surface area contributed by atoms with Crippen LogP contribution in [0.3, 0.4) is 0 Å². The maximum absolute atomic E-state index is 13.1. The SMILES string of the molecule is COc1ccc(CNC(=O)C(C)C2C[C@@]2(C)C(NC(=O)OCc2ccccc2)c2ccccc2)cc1OC. The molecule has 200 valence electrons. The van der Waals surface area contributed by atoms with Gasteiger partial charge < -0.3 is 24.8 Å². The Hall–Kier alpha value is -4.00. The van der Waals surface area contributed by atoms with E-state index in [0.717, 1.165) is 23.1 Å². The van der Waals surface area contributed by atoms with Crippen LogP contribution in [0.2, 0.25) is 0 Å². The van der Waals surface area contributed by atoms with E-state index in [9.17, 15) is 9.59 Å². The van der Waals surface area contributed by atoms with Crippen molar-refractivity contribution in [1.29, 1.82) is 0 Å². The van der Waals surface area contributed by atoms with Gasteiger partial charge in [0.25, 0.3) is 0 Å². The average molecular weight is 517 g/mol. The Kier molecular flexibility index (Phi) is 8.56. The summed E-state index contributed by atoms with van der Waals surface area (Å²) in [5.74, 6) is 1.12. The number of nitrogens with one attached hydrogen (secondary N) is 2. The second-order valence-corrected chi connectivity index (χ2v) is 10.1. The van der Waals surface area contributed by atoms with Crippen LogP contribution in [0.25, 0.3) is 0 Å². The predicted molar refractivity (Wildman–Crippen MR) is 146 cm³/mol. The van der Waals surface area contributed by atoms with Crippen LogP contribution in [0.15, 0.2) is 78.9 Å². The topological polar surface area (TPSA) is 85.9 Å². The minimum absolute atomic E-state index is 0.0213. The fourth-order valence-corrected chi connectivity index (χ4v) is 5.18. The molecular formula is C31H36N2O5. The molecule has 7 nitrogen and oxygen atoms in total. The molecule has 0 bridgehead atoms. The minimum atomic E-state index is -0.472. The van der Waals surface area contributed by atoms with Crippen LogP contribution in [-0.4, -0.2) is 26.2 Å². The van der Waals surface area contributed by atoms with Crippen LogP contribution < -0.4 is 20.1 Å². The van der Waals surface area contributed by atoms with Crippen molar-refractivity contribution in [1.82, 2.24) is 10.6 Å².